The molecule has 7 heteroatoms. The molecule has 3 aromatic rings. The van der Waals surface area contributed by atoms with Crippen molar-refractivity contribution >= 4 is 39.5 Å². The number of fused-ring (bicyclic) bond motifs is 1. The second-order valence-corrected chi connectivity index (χ2v) is 8.12. The Labute approximate surface area is 172 Å². The molecule has 2 aromatic heterocycles. The third-order valence-corrected chi connectivity index (χ3v) is 6.22. The van der Waals surface area contributed by atoms with E-state index in [1.165, 1.54) is 4.88 Å². The van der Waals surface area contributed by atoms with Gasteiger partial charge in [-0.3, -0.25) is 9.78 Å². The molecule has 1 aliphatic rings. The van der Waals surface area contributed by atoms with E-state index in [2.05, 4.69) is 15.6 Å². The van der Waals surface area contributed by atoms with Gasteiger partial charge in [0, 0.05) is 28.8 Å². The van der Waals surface area contributed by atoms with E-state index in [0.717, 1.165) is 41.0 Å². The molecule has 0 aliphatic heterocycles. The predicted molar refractivity (Wildman–Crippen MR) is 114 cm³/mol. The maximum Gasteiger partial charge on any atom is 0.259 e. The second kappa shape index (κ2) is 8.20. The molecule has 0 radical (unpaired) electrons. The van der Waals surface area contributed by atoms with Crippen LogP contribution in [0.15, 0.2) is 42.7 Å². The summed E-state index contributed by atoms with van der Waals surface area (Å²) >= 11 is 7.77. The van der Waals surface area contributed by atoms with Gasteiger partial charge in [0.05, 0.1) is 18.4 Å². The number of anilines is 2. The molecule has 28 heavy (non-hydrogen) atoms. The quantitative estimate of drug-likeness (QED) is 0.586. The smallest absolute Gasteiger partial charge is 0.259 e. The summed E-state index contributed by atoms with van der Waals surface area (Å²) in [7, 11) is 1.57. The number of thiophene rings is 1. The van der Waals surface area contributed by atoms with Gasteiger partial charge in [0.1, 0.15) is 10.8 Å². The van der Waals surface area contributed by atoms with E-state index in [9.17, 15) is 4.79 Å². The van der Waals surface area contributed by atoms with E-state index in [1.807, 2.05) is 18.3 Å². The van der Waals surface area contributed by atoms with Crippen molar-refractivity contribution in [2.24, 2.45) is 0 Å². The van der Waals surface area contributed by atoms with E-state index < -0.39 is 0 Å². The average Bonchev–Trinajstić information content (AvgIpc) is 3.28. The van der Waals surface area contributed by atoms with Crippen molar-refractivity contribution in [1.29, 1.82) is 0 Å². The van der Waals surface area contributed by atoms with Crippen molar-refractivity contribution in [3.63, 3.8) is 0 Å². The first kappa shape index (κ1) is 18.8. The molecule has 1 amide bonds. The first-order chi connectivity index (χ1) is 13.7. The third-order valence-electron chi connectivity index (χ3n) is 4.73. The van der Waals surface area contributed by atoms with E-state index in [-0.39, 0.29) is 5.91 Å². The average molecular weight is 414 g/mol. The maximum absolute atomic E-state index is 13.2. The molecule has 0 saturated heterocycles. The van der Waals surface area contributed by atoms with Crippen LogP contribution in [0, 0.1) is 0 Å². The van der Waals surface area contributed by atoms with Gasteiger partial charge in [0.15, 0.2) is 0 Å². The number of nitrogens with zero attached hydrogens (tertiary/aromatic N) is 1. The van der Waals surface area contributed by atoms with Crippen LogP contribution in [-0.2, 0) is 19.4 Å². The van der Waals surface area contributed by atoms with Gasteiger partial charge in [-0.1, -0.05) is 17.7 Å². The van der Waals surface area contributed by atoms with Crippen molar-refractivity contribution in [3.05, 3.63) is 69.3 Å². The van der Waals surface area contributed by atoms with Gasteiger partial charge in [-0.2, -0.15) is 0 Å². The van der Waals surface area contributed by atoms with Crippen LogP contribution in [0.5, 0.6) is 5.75 Å². The van der Waals surface area contributed by atoms with Gasteiger partial charge < -0.3 is 15.4 Å². The van der Waals surface area contributed by atoms with E-state index in [0.29, 0.717) is 23.0 Å². The molecule has 0 unspecified atom stereocenters. The first-order valence-corrected chi connectivity index (χ1v) is 10.3. The molecule has 1 aromatic carbocycles. The van der Waals surface area contributed by atoms with E-state index in [4.69, 9.17) is 16.3 Å². The van der Waals surface area contributed by atoms with E-state index in [1.54, 1.807) is 42.8 Å². The number of hydrogen-bond acceptors (Lipinski definition) is 5. The molecule has 0 saturated carbocycles. The Morgan fingerprint density at radius 1 is 1.32 bits per heavy atom. The second-order valence-electron chi connectivity index (χ2n) is 6.58. The predicted octanol–water partition coefficient (Wildman–Crippen LogP) is 5.16. The highest BCUT2D eigenvalue weighted by Gasteiger charge is 2.27. The normalized spacial score (nSPS) is 12.5. The number of carbonyl (C=O) groups excluding carboxylic acids is 1. The van der Waals surface area contributed by atoms with Crippen LogP contribution >= 0.6 is 22.9 Å². The minimum Gasteiger partial charge on any atom is -0.495 e. The number of aryl methyl sites for hydroxylation is 1. The number of benzene rings is 1. The largest absolute Gasteiger partial charge is 0.495 e. The maximum atomic E-state index is 13.2. The van der Waals surface area contributed by atoms with Crippen molar-refractivity contribution in [2.75, 3.05) is 17.7 Å². The van der Waals surface area contributed by atoms with Gasteiger partial charge in [-0.05, 0) is 54.7 Å². The SMILES string of the molecule is COc1ccc(Cl)cc1NC(=O)c1c(NCc2cccnc2)sc2c1CCC2. The van der Waals surface area contributed by atoms with Crippen molar-refractivity contribution in [3.8, 4) is 5.75 Å². The Morgan fingerprint density at radius 3 is 3.00 bits per heavy atom. The fraction of sp³-hybridized carbons (Fsp3) is 0.238. The number of ether oxygens (including phenoxy) is 1. The summed E-state index contributed by atoms with van der Waals surface area (Å²) in [6, 6.07) is 9.10. The lowest BCUT2D eigenvalue weighted by Crippen LogP contribution is -2.15. The van der Waals surface area contributed by atoms with Crippen LogP contribution in [0.25, 0.3) is 0 Å². The van der Waals surface area contributed by atoms with Crippen LogP contribution < -0.4 is 15.4 Å². The Kier molecular flexibility index (Phi) is 5.50. The molecule has 0 bridgehead atoms. The highest BCUT2D eigenvalue weighted by molar-refractivity contribution is 7.16. The van der Waals surface area contributed by atoms with Crippen LogP contribution in [0.1, 0.15) is 32.8 Å². The topological polar surface area (TPSA) is 63.2 Å². The number of amides is 1. The van der Waals surface area contributed by atoms with Gasteiger partial charge in [0.25, 0.3) is 5.91 Å². The molecular weight excluding hydrogens is 394 g/mol. The summed E-state index contributed by atoms with van der Waals surface area (Å²) in [5.74, 6) is 0.433. The zero-order valence-electron chi connectivity index (χ0n) is 15.4. The van der Waals surface area contributed by atoms with Gasteiger partial charge in [-0.15, -0.1) is 11.3 Å². The van der Waals surface area contributed by atoms with Crippen molar-refractivity contribution < 1.29 is 9.53 Å². The molecule has 1 aliphatic carbocycles. The minimum absolute atomic E-state index is 0.145. The lowest BCUT2D eigenvalue weighted by molar-refractivity contribution is 0.102. The number of rotatable bonds is 6. The molecular formula is C21H20ClN3O2S. The van der Waals surface area contributed by atoms with Crippen molar-refractivity contribution in [1.82, 2.24) is 4.98 Å². The lowest BCUT2D eigenvalue weighted by Gasteiger charge is -2.13. The van der Waals surface area contributed by atoms with Gasteiger partial charge in [0.2, 0.25) is 0 Å². The molecule has 0 spiro atoms. The summed E-state index contributed by atoms with van der Waals surface area (Å²) in [4.78, 5) is 18.6. The monoisotopic (exact) mass is 413 g/mol. The highest BCUT2D eigenvalue weighted by Crippen LogP contribution is 2.40. The Balaban J connectivity index is 1.61. The molecule has 0 fully saturated rings. The third kappa shape index (κ3) is 3.84. The zero-order chi connectivity index (χ0) is 19.5. The van der Waals surface area contributed by atoms with Crippen LogP contribution in [0.2, 0.25) is 5.02 Å². The van der Waals surface area contributed by atoms with Gasteiger partial charge in [-0.25, -0.2) is 0 Å². The number of pyridine rings is 1. The summed E-state index contributed by atoms with van der Waals surface area (Å²) in [6.45, 7) is 0.619. The molecule has 0 atom stereocenters. The molecule has 5 nitrogen and oxygen atoms in total. The van der Waals surface area contributed by atoms with Crippen molar-refractivity contribution in [2.45, 2.75) is 25.8 Å². The van der Waals surface area contributed by atoms with E-state index >= 15 is 0 Å². The van der Waals surface area contributed by atoms with Crippen LogP contribution in [0.4, 0.5) is 10.7 Å². The minimum atomic E-state index is -0.145. The highest BCUT2D eigenvalue weighted by atomic mass is 35.5. The van der Waals surface area contributed by atoms with Gasteiger partial charge >= 0.3 is 0 Å². The molecule has 144 valence electrons. The Hall–Kier alpha value is -2.57. The number of methoxy groups -OCH3 is 1. The number of nitrogens with one attached hydrogen (secondary N) is 2. The summed E-state index contributed by atoms with van der Waals surface area (Å²) < 4.78 is 5.35. The van der Waals surface area contributed by atoms with Crippen LogP contribution in [-0.4, -0.2) is 18.0 Å². The number of aromatic nitrogens is 1. The number of carbonyl (C=O) groups is 1. The Morgan fingerprint density at radius 2 is 2.21 bits per heavy atom. The Bertz CT molecular complexity index is 1000. The summed E-state index contributed by atoms with van der Waals surface area (Å²) in [6.07, 6.45) is 6.61. The molecule has 2 N–H and O–H groups in total. The van der Waals surface area contributed by atoms with Crippen LogP contribution in [0.3, 0.4) is 0 Å². The molecule has 2 heterocycles. The summed E-state index contributed by atoms with van der Waals surface area (Å²) in [5.41, 5.74) is 3.51. The summed E-state index contributed by atoms with van der Waals surface area (Å²) in [5, 5.41) is 7.84. The fourth-order valence-corrected chi connectivity index (χ4v) is 4.87. The number of hydrogen-bond donors (Lipinski definition) is 2. The molecule has 4 rings (SSSR count). The number of halogens is 1. The zero-order valence-corrected chi connectivity index (χ0v) is 17.0. The standard InChI is InChI=1S/C21H20ClN3O2S/c1-27-17-8-7-14(22)10-16(17)25-20(26)19-15-5-2-6-18(15)28-21(19)24-12-13-4-3-9-23-11-13/h3-4,7-11,24H,2,5-6,12H2,1H3,(H,25,26). The fourth-order valence-electron chi connectivity index (χ4n) is 3.42. The lowest BCUT2D eigenvalue weighted by atomic mass is 10.1. The first-order valence-electron chi connectivity index (χ1n) is 9.08.